The summed E-state index contributed by atoms with van der Waals surface area (Å²) in [5, 5.41) is 0. The molecule has 2 aromatic carbocycles. The average molecular weight is 285 g/mol. The molecule has 1 atom stereocenters. The summed E-state index contributed by atoms with van der Waals surface area (Å²) < 4.78 is 10.8. The van der Waals surface area contributed by atoms with Gasteiger partial charge in [-0.2, -0.15) is 0 Å². The van der Waals surface area contributed by atoms with Gasteiger partial charge in [0.15, 0.2) is 11.5 Å². The van der Waals surface area contributed by atoms with E-state index in [1.54, 1.807) is 14.2 Å². The maximum Gasteiger partial charge on any atom is 0.165 e. The van der Waals surface area contributed by atoms with Gasteiger partial charge < -0.3 is 15.2 Å². The third kappa shape index (κ3) is 3.56. The molecule has 1 unspecified atom stereocenters. The lowest BCUT2D eigenvalue weighted by atomic mass is 9.97. The Kier molecular flexibility index (Phi) is 5.23. The molecule has 0 aliphatic rings. The Labute approximate surface area is 126 Å². The van der Waals surface area contributed by atoms with Crippen LogP contribution in [0.3, 0.4) is 0 Å². The number of para-hydroxylation sites is 1. The van der Waals surface area contributed by atoms with Crippen molar-refractivity contribution < 1.29 is 9.47 Å². The van der Waals surface area contributed by atoms with Crippen LogP contribution in [0.25, 0.3) is 0 Å². The first-order valence-electron chi connectivity index (χ1n) is 7.23. The summed E-state index contributed by atoms with van der Waals surface area (Å²) >= 11 is 0. The van der Waals surface area contributed by atoms with Gasteiger partial charge in [0.25, 0.3) is 0 Å². The van der Waals surface area contributed by atoms with Gasteiger partial charge in [0.2, 0.25) is 0 Å². The van der Waals surface area contributed by atoms with E-state index >= 15 is 0 Å². The zero-order valence-electron chi connectivity index (χ0n) is 12.9. The van der Waals surface area contributed by atoms with Gasteiger partial charge in [-0.15, -0.1) is 0 Å². The molecule has 0 bridgehead atoms. The molecule has 112 valence electrons. The van der Waals surface area contributed by atoms with Gasteiger partial charge in [-0.25, -0.2) is 0 Å². The average Bonchev–Trinajstić information content (AvgIpc) is 2.54. The van der Waals surface area contributed by atoms with E-state index in [0.717, 1.165) is 24.2 Å². The number of benzene rings is 2. The molecule has 3 nitrogen and oxygen atoms in total. The lowest BCUT2D eigenvalue weighted by Gasteiger charge is -2.18. The SMILES string of the molecule is CCc1ccc(CC(N)c2cccc(OC)c2OC)cc1. The monoisotopic (exact) mass is 285 g/mol. The van der Waals surface area contributed by atoms with Gasteiger partial charge in [0.05, 0.1) is 14.2 Å². The van der Waals surface area contributed by atoms with Crippen molar-refractivity contribution >= 4 is 0 Å². The zero-order valence-corrected chi connectivity index (χ0v) is 12.9. The summed E-state index contributed by atoms with van der Waals surface area (Å²) in [5.74, 6) is 1.43. The molecule has 21 heavy (non-hydrogen) atoms. The van der Waals surface area contributed by atoms with E-state index in [2.05, 4.69) is 31.2 Å². The van der Waals surface area contributed by atoms with Crippen LogP contribution >= 0.6 is 0 Å². The Hall–Kier alpha value is -2.00. The molecule has 0 spiro atoms. The molecule has 0 fully saturated rings. The topological polar surface area (TPSA) is 44.5 Å². The fraction of sp³-hybridized carbons (Fsp3) is 0.333. The van der Waals surface area contributed by atoms with E-state index in [4.69, 9.17) is 15.2 Å². The van der Waals surface area contributed by atoms with Crippen LogP contribution in [0.4, 0.5) is 0 Å². The number of hydrogen-bond donors (Lipinski definition) is 1. The lowest BCUT2D eigenvalue weighted by Crippen LogP contribution is -2.14. The number of nitrogens with two attached hydrogens (primary N) is 1. The van der Waals surface area contributed by atoms with Crippen LogP contribution < -0.4 is 15.2 Å². The summed E-state index contributed by atoms with van der Waals surface area (Å²) in [7, 11) is 3.28. The highest BCUT2D eigenvalue weighted by atomic mass is 16.5. The molecule has 2 N–H and O–H groups in total. The fourth-order valence-electron chi connectivity index (χ4n) is 2.48. The van der Waals surface area contributed by atoms with Crippen molar-refractivity contribution in [3.8, 4) is 11.5 Å². The maximum atomic E-state index is 6.36. The number of hydrogen-bond acceptors (Lipinski definition) is 3. The first-order valence-corrected chi connectivity index (χ1v) is 7.23. The normalized spacial score (nSPS) is 12.0. The van der Waals surface area contributed by atoms with Crippen LogP contribution in [0.5, 0.6) is 11.5 Å². The van der Waals surface area contributed by atoms with Gasteiger partial charge in [-0.3, -0.25) is 0 Å². The van der Waals surface area contributed by atoms with Gasteiger partial charge in [0.1, 0.15) is 0 Å². The van der Waals surface area contributed by atoms with Gasteiger partial charge in [-0.05, 0) is 30.0 Å². The lowest BCUT2D eigenvalue weighted by molar-refractivity contribution is 0.349. The summed E-state index contributed by atoms with van der Waals surface area (Å²) in [4.78, 5) is 0. The van der Waals surface area contributed by atoms with E-state index in [1.807, 2.05) is 18.2 Å². The largest absolute Gasteiger partial charge is 0.493 e. The van der Waals surface area contributed by atoms with Gasteiger partial charge >= 0.3 is 0 Å². The van der Waals surface area contributed by atoms with E-state index in [-0.39, 0.29) is 6.04 Å². The van der Waals surface area contributed by atoms with Gasteiger partial charge in [0, 0.05) is 11.6 Å². The zero-order chi connectivity index (χ0) is 15.2. The van der Waals surface area contributed by atoms with Crippen LogP contribution in [0.1, 0.15) is 29.7 Å². The van der Waals surface area contributed by atoms with E-state index in [9.17, 15) is 0 Å². The summed E-state index contributed by atoms with van der Waals surface area (Å²) in [6, 6.07) is 14.3. The van der Waals surface area contributed by atoms with Crippen molar-refractivity contribution in [1.29, 1.82) is 0 Å². The molecule has 0 aliphatic carbocycles. The van der Waals surface area contributed by atoms with Crippen molar-refractivity contribution in [1.82, 2.24) is 0 Å². The Balaban J connectivity index is 2.21. The van der Waals surface area contributed by atoms with E-state index in [1.165, 1.54) is 11.1 Å². The van der Waals surface area contributed by atoms with E-state index in [0.29, 0.717) is 5.75 Å². The smallest absolute Gasteiger partial charge is 0.165 e. The number of methoxy groups -OCH3 is 2. The Bertz CT molecular complexity index is 578. The van der Waals surface area contributed by atoms with Crippen molar-refractivity contribution in [2.75, 3.05) is 14.2 Å². The third-order valence-electron chi connectivity index (χ3n) is 3.72. The van der Waals surface area contributed by atoms with Crippen LogP contribution in [0, 0.1) is 0 Å². The standard InChI is InChI=1S/C18H23NO2/c1-4-13-8-10-14(11-9-13)12-16(19)15-6-5-7-17(20-2)18(15)21-3/h5-11,16H,4,12,19H2,1-3H3. The maximum absolute atomic E-state index is 6.36. The second kappa shape index (κ2) is 7.14. The van der Waals surface area contributed by atoms with Gasteiger partial charge in [-0.1, -0.05) is 43.3 Å². The molecule has 0 saturated heterocycles. The molecule has 0 amide bonds. The minimum Gasteiger partial charge on any atom is -0.493 e. The Morgan fingerprint density at radius 1 is 0.952 bits per heavy atom. The summed E-state index contributed by atoms with van der Waals surface area (Å²) in [6.07, 6.45) is 1.82. The number of rotatable bonds is 6. The third-order valence-corrected chi connectivity index (χ3v) is 3.72. The molecule has 2 aromatic rings. The molecule has 0 aromatic heterocycles. The highest BCUT2D eigenvalue weighted by Crippen LogP contribution is 2.34. The molecule has 0 heterocycles. The first-order chi connectivity index (χ1) is 10.2. The molecule has 0 saturated carbocycles. The number of ether oxygens (including phenoxy) is 2. The van der Waals surface area contributed by atoms with Crippen LogP contribution in [-0.2, 0) is 12.8 Å². The predicted molar refractivity (Wildman–Crippen MR) is 86.0 cm³/mol. The minimum absolute atomic E-state index is 0.123. The molecule has 0 aliphatic heterocycles. The van der Waals surface area contributed by atoms with E-state index < -0.39 is 0 Å². The van der Waals surface area contributed by atoms with Crippen LogP contribution in [0.2, 0.25) is 0 Å². The van der Waals surface area contributed by atoms with Crippen molar-refractivity contribution in [3.63, 3.8) is 0 Å². The van der Waals surface area contributed by atoms with Crippen LogP contribution in [0.15, 0.2) is 42.5 Å². The molecule has 2 rings (SSSR count). The second-order valence-corrected chi connectivity index (χ2v) is 5.06. The first kappa shape index (κ1) is 15.4. The van der Waals surface area contributed by atoms with Crippen LogP contribution in [-0.4, -0.2) is 14.2 Å². The molecule has 0 radical (unpaired) electrons. The quantitative estimate of drug-likeness (QED) is 0.883. The van der Waals surface area contributed by atoms with Crippen molar-refractivity contribution in [2.45, 2.75) is 25.8 Å². The molecular formula is C18H23NO2. The minimum atomic E-state index is -0.123. The highest BCUT2D eigenvalue weighted by Gasteiger charge is 2.16. The predicted octanol–water partition coefficient (Wildman–Crippen LogP) is 3.51. The fourth-order valence-corrected chi connectivity index (χ4v) is 2.48. The summed E-state index contributed by atoms with van der Waals surface area (Å²) in [5.41, 5.74) is 9.90. The Morgan fingerprint density at radius 2 is 1.62 bits per heavy atom. The number of aryl methyl sites for hydroxylation is 1. The highest BCUT2D eigenvalue weighted by molar-refractivity contribution is 5.48. The summed E-state index contributed by atoms with van der Waals surface area (Å²) in [6.45, 7) is 2.15. The molecular weight excluding hydrogens is 262 g/mol. The van der Waals surface area contributed by atoms with Crippen molar-refractivity contribution in [2.24, 2.45) is 5.73 Å². The molecule has 3 heteroatoms. The Morgan fingerprint density at radius 3 is 2.19 bits per heavy atom. The second-order valence-electron chi connectivity index (χ2n) is 5.06. The van der Waals surface area contributed by atoms with Crippen molar-refractivity contribution in [3.05, 3.63) is 59.2 Å².